The third-order valence-electron chi connectivity index (χ3n) is 3.38. The molecular weight excluding hydrogens is 272 g/mol. The number of amides is 1. The summed E-state index contributed by atoms with van der Waals surface area (Å²) in [5, 5.41) is 5.63. The van der Waals surface area contributed by atoms with E-state index in [1.165, 1.54) is 0 Å². The van der Waals surface area contributed by atoms with E-state index in [1.54, 1.807) is 24.3 Å². The van der Waals surface area contributed by atoms with Crippen LogP contribution in [0.5, 0.6) is 0 Å². The molecule has 102 valence electrons. The molecule has 1 heterocycles. The highest BCUT2D eigenvalue weighted by atomic mass is 35.5. The lowest BCUT2D eigenvalue weighted by Gasteiger charge is -2.03. The highest BCUT2D eigenvalue weighted by Crippen LogP contribution is 2.14. The number of carbonyl (C=O) groups excluding carboxylic acids is 1. The van der Waals surface area contributed by atoms with Crippen molar-refractivity contribution in [2.45, 2.75) is 13.3 Å². The number of hydrogen-bond acceptors (Lipinski definition) is 1. The number of hydrogen-bond donors (Lipinski definition) is 2. The number of benzene rings is 1. The molecule has 0 saturated carbocycles. The highest BCUT2D eigenvalue weighted by molar-refractivity contribution is 6.30. The summed E-state index contributed by atoms with van der Waals surface area (Å²) in [5.41, 5.74) is 1.31. The largest absolute Gasteiger partial charge is 0.351 e. The van der Waals surface area contributed by atoms with E-state index in [9.17, 15) is 4.79 Å². The maximum absolute atomic E-state index is 12.2. The number of nitrogens with one attached hydrogen (secondary N) is 2. The second-order valence-electron chi connectivity index (χ2n) is 5.10. The van der Waals surface area contributed by atoms with E-state index < -0.39 is 0 Å². The van der Waals surface area contributed by atoms with Gasteiger partial charge in [-0.1, -0.05) is 30.7 Å². The number of rotatable bonds is 2. The number of H-pyrrole nitrogens is 1. The third kappa shape index (κ3) is 2.63. The van der Waals surface area contributed by atoms with Crippen LogP contribution in [0.1, 0.15) is 23.8 Å². The Kier molecular flexibility index (Phi) is 3.36. The SMILES string of the molecule is CC1C=c2cc(C(=O)Nc3ccc(Cl)cc3)[nH]c2=CC1. The van der Waals surface area contributed by atoms with Crippen LogP contribution in [0, 0.1) is 5.92 Å². The second kappa shape index (κ2) is 5.17. The first-order valence-electron chi connectivity index (χ1n) is 6.60. The summed E-state index contributed by atoms with van der Waals surface area (Å²) in [6.07, 6.45) is 5.33. The zero-order valence-corrected chi connectivity index (χ0v) is 11.9. The summed E-state index contributed by atoms with van der Waals surface area (Å²) < 4.78 is 0. The van der Waals surface area contributed by atoms with Gasteiger partial charge in [0.05, 0.1) is 0 Å². The molecular formula is C16H15ClN2O. The first kappa shape index (κ1) is 13.0. The van der Waals surface area contributed by atoms with Gasteiger partial charge >= 0.3 is 0 Å². The molecule has 1 amide bonds. The van der Waals surface area contributed by atoms with Gasteiger partial charge < -0.3 is 10.3 Å². The standard InChI is InChI=1S/C16H15ClN2O/c1-10-2-7-14-11(8-10)9-15(19-14)16(20)18-13-5-3-12(17)4-6-13/h3-10,19H,2H2,1H3,(H,18,20). The molecule has 1 atom stereocenters. The quantitative estimate of drug-likeness (QED) is 0.875. The Hall–Kier alpha value is -2.00. The van der Waals surface area contributed by atoms with E-state index in [0.717, 1.165) is 22.7 Å². The molecule has 1 aromatic heterocycles. The van der Waals surface area contributed by atoms with Gasteiger partial charge in [0.15, 0.2) is 0 Å². The summed E-state index contributed by atoms with van der Waals surface area (Å²) in [5.74, 6) is 0.377. The Labute approximate surface area is 122 Å². The first-order chi connectivity index (χ1) is 9.61. The van der Waals surface area contributed by atoms with E-state index in [-0.39, 0.29) is 5.91 Å². The fraction of sp³-hybridized carbons (Fsp3) is 0.188. The van der Waals surface area contributed by atoms with Gasteiger partial charge in [-0.2, -0.15) is 0 Å². The molecule has 0 aliphatic heterocycles. The summed E-state index contributed by atoms with van der Waals surface area (Å²) in [7, 11) is 0. The van der Waals surface area contributed by atoms with Gasteiger partial charge in [0.1, 0.15) is 5.69 Å². The molecule has 3 rings (SSSR count). The molecule has 0 radical (unpaired) electrons. The monoisotopic (exact) mass is 286 g/mol. The number of halogens is 1. The van der Waals surface area contributed by atoms with E-state index in [4.69, 9.17) is 11.6 Å². The predicted molar refractivity (Wildman–Crippen MR) is 82.2 cm³/mol. The molecule has 4 heteroatoms. The number of carbonyl (C=O) groups is 1. The molecule has 0 spiro atoms. The smallest absolute Gasteiger partial charge is 0.272 e. The Bertz CT molecular complexity index is 759. The number of anilines is 1. The fourth-order valence-electron chi connectivity index (χ4n) is 2.33. The van der Waals surface area contributed by atoms with Gasteiger partial charge in [-0.05, 0) is 47.9 Å². The molecule has 2 aromatic rings. The van der Waals surface area contributed by atoms with Crippen molar-refractivity contribution in [1.29, 1.82) is 0 Å². The van der Waals surface area contributed by atoms with Crippen LogP contribution in [0.3, 0.4) is 0 Å². The van der Waals surface area contributed by atoms with Crippen LogP contribution < -0.4 is 15.9 Å². The molecule has 20 heavy (non-hydrogen) atoms. The van der Waals surface area contributed by atoms with Crippen LogP contribution in [0.2, 0.25) is 5.02 Å². The van der Waals surface area contributed by atoms with Gasteiger partial charge in [0.25, 0.3) is 5.91 Å². The van der Waals surface area contributed by atoms with Crippen molar-refractivity contribution in [1.82, 2.24) is 4.98 Å². The lowest BCUT2D eigenvalue weighted by atomic mass is 10.0. The Morgan fingerprint density at radius 1 is 1.35 bits per heavy atom. The number of fused-ring (bicyclic) bond motifs is 1. The number of aromatic amines is 1. The predicted octanol–water partition coefficient (Wildman–Crippen LogP) is 2.52. The average molecular weight is 287 g/mol. The molecule has 2 N–H and O–H groups in total. The summed E-state index contributed by atoms with van der Waals surface area (Å²) in [6, 6.07) is 8.96. The van der Waals surface area contributed by atoms with Crippen molar-refractivity contribution in [3.63, 3.8) is 0 Å². The van der Waals surface area contributed by atoms with Crippen molar-refractivity contribution in [2.24, 2.45) is 5.92 Å². The summed E-state index contributed by atoms with van der Waals surface area (Å²) in [6.45, 7) is 2.17. The van der Waals surface area contributed by atoms with Crippen LogP contribution in [0.25, 0.3) is 12.2 Å². The summed E-state index contributed by atoms with van der Waals surface area (Å²) >= 11 is 5.82. The molecule has 1 aliphatic rings. The van der Waals surface area contributed by atoms with Gasteiger partial charge in [-0.25, -0.2) is 0 Å². The molecule has 1 aliphatic carbocycles. The van der Waals surface area contributed by atoms with Crippen molar-refractivity contribution in [3.05, 3.63) is 51.6 Å². The minimum atomic E-state index is -0.142. The fourth-order valence-corrected chi connectivity index (χ4v) is 2.45. The number of aromatic nitrogens is 1. The highest BCUT2D eigenvalue weighted by Gasteiger charge is 2.10. The minimum absolute atomic E-state index is 0.142. The second-order valence-corrected chi connectivity index (χ2v) is 5.53. The maximum Gasteiger partial charge on any atom is 0.272 e. The first-order valence-corrected chi connectivity index (χ1v) is 6.97. The molecule has 0 fully saturated rings. The van der Waals surface area contributed by atoms with Crippen LogP contribution in [-0.4, -0.2) is 10.9 Å². The lowest BCUT2D eigenvalue weighted by molar-refractivity contribution is 0.102. The zero-order valence-electron chi connectivity index (χ0n) is 11.1. The third-order valence-corrected chi connectivity index (χ3v) is 3.64. The lowest BCUT2D eigenvalue weighted by Crippen LogP contribution is -2.26. The van der Waals surface area contributed by atoms with Crippen LogP contribution in [0.15, 0.2) is 30.3 Å². The normalized spacial score (nSPS) is 16.8. The summed E-state index contributed by atoms with van der Waals surface area (Å²) in [4.78, 5) is 15.4. The molecule has 1 unspecified atom stereocenters. The van der Waals surface area contributed by atoms with Gasteiger partial charge in [0.2, 0.25) is 0 Å². The van der Waals surface area contributed by atoms with Crippen molar-refractivity contribution < 1.29 is 4.79 Å². The molecule has 0 bridgehead atoms. The van der Waals surface area contributed by atoms with E-state index in [1.807, 2.05) is 6.07 Å². The van der Waals surface area contributed by atoms with Crippen molar-refractivity contribution in [2.75, 3.05) is 5.32 Å². The Morgan fingerprint density at radius 3 is 2.85 bits per heavy atom. The topological polar surface area (TPSA) is 44.9 Å². The van der Waals surface area contributed by atoms with E-state index in [2.05, 4.69) is 29.4 Å². The van der Waals surface area contributed by atoms with Crippen LogP contribution >= 0.6 is 11.6 Å². The zero-order chi connectivity index (χ0) is 14.1. The maximum atomic E-state index is 12.2. The van der Waals surface area contributed by atoms with Gasteiger partial charge in [-0.15, -0.1) is 0 Å². The molecule has 3 nitrogen and oxygen atoms in total. The van der Waals surface area contributed by atoms with E-state index in [0.29, 0.717) is 16.6 Å². The molecule has 1 aromatic carbocycles. The van der Waals surface area contributed by atoms with Crippen molar-refractivity contribution in [3.8, 4) is 0 Å². The van der Waals surface area contributed by atoms with E-state index >= 15 is 0 Å². The van der Waals surface area contributed by atoms with Crippen LogP contribution in [-0.2, 0) is 0 Å². The minimum Gasteiger partial charge on any atom is -0.351 e. The van der Waals surface area contributed by atoms with Crippen LogP contribution in [0.4, 0.5) is 5.69 Å². The van der Waals surface area contributed by atoms with Gasteiger partial charge in [-0.3, -0.25) is 4.79 Å². The Balaban J connectivity index is 1.85. The average Bonchev–Trinajstić information content (AvgIpc) is 2.84. The molecule has 0 saturated heterocycles. The van der Waals surface area contributed by atoms with Gasteiger partial charge in [0, 0.05) is 16.1 Å². The Morgan fingerprint density at radius 2 is 2.10 bits per heavy atom. The van der Waals surface area contributed by atoms with Crippen molar-refractivity contribution >= 4 is 35.3 Å².